The zero-order valence-corrected chi connectivity index (χ0v) is 8.73. The number of halogens is 1. The average molecular weight is 230 g/mol. The molecule has 5 nitrogen and oxygen atoms in total. The van der Waals surface area contributed by atoms with Crippen molar-refractivity contribution in [3.05, 3.63) is 0 Å². The van der Waals surface area contributed by atoms with Gasteiger partial charge in [0.2, 0.25) is 0 Å². The molecule has 0 radical (unpaired) electrons. The third-order valence-electron chi connectivity index (χ3n) is 1.94. The van der Waals surface area contributed by atoms with E-state index in [0.717, 1.165) is 7.11 Å². The van der Waals surface area contributed by atoms with Crippen molar-refractivity contribution in [1.82, 2.24) is 0 Å². The summed E-state index contributed by atoms with van der Waals surface area (Å²) in [4.78, 5) is 11.0. The van der Waals surface area contributed by atoms with E-state index in [1.54, 1.807) is 0 Å². The molecule has 1 heterocycles. The average Bonchev–Trinajstić information content (AvgIpc) is 2.25. The van der Waals surface area contributed by atoms with Gasteiger partial charge in [-0.25, -0.2) is 8.42 Å². The summed E-state index contributed by atoms with van der Waals surface area (Å²) < 4.78 is 26.7. The van der Waals surface area contributed by atoms with Crippen molar-refractivity contribution in [3.8, 4) is 0 Å². The lowest BCUT2D eigenvalue weighted by Gasteiger charge is -2.10. The number of sulfone groups is 1. The van der Waals surface area contributed by atoms with E-state index in [-0.39, 0.29) is 18.2 Å². The van der Waals surface area contributed by atoms with Gasteiger partial charge in [-0.1, -0.05) is 0 Å². The van der Waals surface area contributed by atoms with E-state index in [4.69, 9.17) is 5.73 Å². The van der Waals surface area contributed by atoms with E-state index >= 15 is 0 Å². The number of ether oxygens (including phenoxy) is 1. The Morgan fingerprint density at radius 3 is 2.38 bits per heavy atom. The fourth-order valence-electron chi connectivity index (χ4n) is 1.28. The summed E-state index contributed by atoms with van der Waals surface area (Å²) in [7, 11) is -2.19. The number of hydrogen-bond acceptors (Lipinski definition) is 5. The van der Waals surface area contributed by atoms with Crippen LogP contribution in [-0.2, 0) is 19.4 Å². The Kier molecular flexibility index (Phi) is 4.15. The molecule has 0 bridgehead atoms. The van der Waals surface area contributed by atoms with Gasteiger partial charge in [-0.15, -0.1) is 12.4 Å². The summed E-state index contributed by atoms with van der Waals surface area (Å²) in [6.45, 7) is 0. The van der Waals surface area contributed by atoms with E-state index < -0.39 is 27.1 Å². The minimum atomic E-state index is -3.35. The normalized spacial score (nSPS) is 30.6. The van der Waals surface area contributed by atoms with Gasteiger partial charge in [0.25, 0.3) is 0 Å². The molecule has 13 heavy (non-hydrogen) atoms. The standard InChI is InChI=1S/C6H11NO4S.ClH/c1-11-6(8)5-4(7)2-3-12(5,9)10;/h4-5H,2-3,7H2,1H3;1H. The Balaban J connectivity index is 0.00000144. The van der Waals surface area contributed by atoms with Crippen LogP contribution < -0.4 is 5.73 Å². The minimum Gasteiger partial charge on any atom is -0.468 e. The van der Waals surface area contributed by atoms with Crippen LogP contribution in [0.15, 0.2) is 0 Å². The van der Waals surface area contributed by atoms with E-state index in [1.807, 2.05) is 0 Å². The second-order valence-electron chi connectivity index (χ2n) is 2.76. The maximum Gasteiger partial charge on any atom is 0.325 e. The van der Waals surface area contributed by atoms with Gasteiger partial charge >= 0.3 is 5.97 Å². The molecule has 0 aromatic heterocycles. The first-order valence-electron chi connectivity index (χ1n) is 3.54. The Morgan fingerprint density at radius 1 is 1.54 bits per heavy atom. The molecule has 1 fully saturated rings. The topological polar surface area (TPSA) is 86.5 Å². The summed E-state index contributed by atoms with van der Waals surface area (Å²) >= 11 is 0. The number of esters is 1. The Hall–Kier alpha value is -0.330. The van der Waals surface area contributed by atoms with Crippen molar-refractivity contribution < 1.29 is 17.9 Å². The van der Waals surface area contributed by atoms with E-state index in [0.29, 0.717) is 6.42 Å². The highest BCUT2D eigenvalue weighted by Gasteiger charge is 2.44. The Labute approximate surface area is 83.0 Å². The van der Waals surface area contributed by atoms with Crippen molar-refractivity contribution in [2.75, 3.05) is 12.9 Å². The molecule has 1 saturated heterocycles. The minimum absolute atomic E-state index is 0. The maximum atomic E-state index is 11.2. The Bertz CT molecular complexity index is 289. The number of rotatable bonds is 1. The van der Waals surface area contributed by atoms with Crippen LogP contribution >= 0.6 is 12.4 Å². The molecule has 0 aliphatic carbocycles. The van der Waals surface area contributed by atoms with Gasteiger partial charge in [-0.3, -0.25) is 4.79 Å². The zero-order chi connectivity index (χ0) is 9.35. The van der Waals surface area contributed by atoms with Crippen LogP contribution in [0, 0.1) is 0 Å². The second kappa shape index (κ2) is 4.26. The van der Waals surface area contributed by atoms with Gasteiger partial charge in [0.1, 0.15) is 0 Å². The van der Waals surface area contributed by atoms with Crippen LogP contribution in [0.3, 0.4) is 0 Å². The summed E-state index contributed by atoms with van der Waals surface area (Å²) in [6.07, 6.45) is 0.335. The quantitative estimate of drug-likeness (QED) is 0.589. The molecule has 0 aromatic carbocycles. The van der Waals surface area contributed by atoms with Crippen molar-refractivity contribution in [3.63, 3.8) is 0 Å². The van der Waals surface area contributed by atoms with Crippen LogP contribution in [0.25, 0.3) is 0 Å². The van der Waals surface area contributed by atoms with Crippen LogP contribution in [0.4, 0.5) is 0 Å². The molecule has 0 aromatic rings. The molecule has 7 heteroatoms. The van der Waals surface area contributed by atoms with Crippen molar-refractivity contribution in [1.29, 1.82) is 0 Å². The molecular formula is C6H12ClNO4S. The summed E-state index contributed by atoms with van der Waals surface area (Å²) in [5.41, 5.74) is 5.45. The largest absolute Gasteiger partial charge is 0.468 e. The van der Waals surface area contributed by atoms with Crippen LogP contribution in [0.1, 0.15) is 6.42 Å². The van der Waals surface area contributed by atoms with Crippen LogP contribution in [-0.4, -0.2) is 38.5 Å². The third kappa shape index (κ3) is 2.32. The summed E-state index contributed by atoms with van der Waals surface area (Å²) in [5.74, 6) is -0.770. The smallest absolute Gasteiger partial charge is 0.325 e. The zero-order valence-electron chi connectivity index (χ0n) is 7.10. The van der Waals surface area contributed by atoms with Gasteiger partial charge in [-0.05, 0) is 6.42 Å². The first-order valence-corrected chi connectivity index (χ1v) is 5.25. The molecule has 78 valence electrons. The van der Waals surface area contributed by atoms with Crippen molar-refractivity contribution >= 4 is 28.2 Å². The second-order valence-corrected chi connectivity index (χ2v) is 5.01. The lowest BCUT2D eigenvalue weighted by molar-refractivity contribution is -0.140. The SMILES string of the molecule is COC(=O)C1C(N)CCS1(=O)=O.Cl. The van der Waals surface area contributed by atoms with Gasteiger partial charge in [-0.2, -0.15) is 0 Å². The van der Waals surface area contributed by atoms with Crippen molar-refractivity contribution in [2.24, 2.45) is 5.73 Å². The highest BCUT2D eigenvalue weighted by molar-refractivity contribution is 7.93. The van der Waals surface area contributed by atoms with Gasteiger partial charge < -0.3 is 10.5 Å². The third-order valence-corrected chi connectivity index (χ3v) is 4.07. The van der Waals surface area contributed by atoms with Crippen LogP contribution in [0.5, 0.6) is 0 Å². The highest BCUT2D eigenvalue weighted by Crippen LogP contribution is 2.19. The number of nitrogens with two attached hydrogens (primary N) is 1. The van der Waals surface area contributed by atoms with Gasteiger partial charge in [0, 0.05) is 6.04 Å². The molecule has 1 aliphatic rings. The molecule has 0 spiro atoms. The lowest BCUT2D eigenvalue weighted by Crippen LogP contribution is -2.40. The molecule has 2 unspecified atom stereocenters. The van der Waals surface area contributed by atoms with E-state index in [9.17, 15) is 13.2 Å². The highest BCUT2D eigenvalue weighted by atomic mass is 35.5. The first kappa shape index (κ1) is 12.7. The number of hydrogen-bond donors (Lipinski definition) is 1. The number of carbonyl (C=O) groups excluding carboxylic acids is 1. The van der Waals surface area contributed by atoms with Gasteiger partial charge in [0.05, 0.1) is 12.9 Å². The molecule has 0 amide bonds. The van der Waals surface area contributed by atoms with E-state index in [1.165, 1.54) is 0 Å². The summed E-state index contributed by atoms with van der Waals surface area (Å²) in [6, 6.07) is -0.609. The monoisotopic (exact) mass is 229 g/mol. The van der Waals surface area contributed by atoms with E-state index in [2.05, 4.69) is 4.74 Å². The molecule has 1 rings (SSSR count). The fraction of sp³-hybridized carbons (Fsp3) is 0.833. The predicted octanol–water partition coefficient (Wildman–Crippen LogP) is -0.904. The fourth-order valence-corrected chi connectivity index (χ4v) is 3.20. The van der Waals surface area contributed by atoms with Crippen molar-refractivity contribution in [2.45, 2.75) is 17.7 Å². The molecule has 2 atom stereocenters. The predicted molar refractivity (Wildman–Crippen MR) is 49.4 cm³/mol. The molecular weight excluding hydrogens is 218 g/mol. The lowest BCUT2D eigenvalue weighted by atomic mass is 10.2. The molecule has 2 N–H and O–H groups in total. The number of carbonyl (C=O) groups is 1. The Morgan fingerprint density at radius 2 is 2.08 bits per heavy atom. The maximum absolute atomic E-state index is 11.2. The van der Waals surface area contributed by atoms with Crippen LogP contribution in [0.2, 0.25) is 0 Å². The molecule has 0 saturated carbocycles. The van der Waals surface area contributed by atoms with Gasteiger partial charge in [0.15, 0.2) is 15.1 Å². The summed E-state index contributed by atoms with van der Waals surface area (Å²) in [5, 5.41) is -1.15. The number of methoxy groups -OCH3 is 1. The first-order chi connectivity index (χ1) is 5.49. The molecule has 1 aliphatic heterocycles.